The summed E-state index contributed by atoms with van der Waals surface area (Å²) in [4.78, 5) is 9.70. The van der Waals surface area contributed by atoms with Gasteiger partial charge in [-0.3, -0.25) is 4.90 Å². The molecule has 0 spiro atoms. The summed E-state index contributed by atoms with van der Waals surface area (Å²) in [6.45, 7) is 13.7. The van der Waals surface area contributed by atoms with Crippen molar-refractivity contribution in [3.63, 3.8) is 0 Å². The van der Waals surface area contributed by atoms with Crippen LogP contribution in [0.4, 0.5) is 5.82 Å². The molecule has 0 unspecified atom stereocenters. The Hall–Kier alpha value is -1.70. The Kier molecular flexibility index (Phi) is 5.61. The Morgan fingerprint density at radius 3 is 2.74 bits per heavy atom. The van der Waals surface area contributed by atoms with E-state index in [0.717, 1.165) is 81.8 Å². The number of morpholine rings is 1. The summed E-state index contributed by atoms with van der Waals surface area (Å²) in [6.07, 6.45) is 1.23. The lowest BCUT2D eigenvalue weighted by Crippen LogP contribution is -2.45. The predicted octanol–water partition coefficient (Wildman–Crippen LogP) is 2.09. The van der Waals surface area contributed by atoms with E-state index in [1.165, 1.54) is 0 Å². The molecular formula is C20H31N5O2. The van der Waals surface area contributed by atoms with Crippen LogP contribution in [0.1, 0.15) is 37.6 Å². The molecule has 0 bridgehead atoms. The molecule has 2 saturated heterocycles. The van der Waals surface area contributed by atoms with Crippen molar-refractivity contribution < 1.29 is 9.47 Å². The largest absolute Gasteiger partial charge is 0.379 e. The smallest absolute Gasteiger partial charge is 0.157 e. The van der Waals surface area contributed by atoms with Crippen molar-refractivity contribution in [1.82, 2.24) is 19.5 Å². The minimum atomic E-state index is 0.202. The molecule has 2 fully saturated rings. The maximum absolute atomic E-state index is 6.18. The predicted molar refractivity (Wildman–Crippen MR) is 106 cm³/mol. The fraction of sp³-hybridized carbons (Fsp3) is 0.700. The van der Waals surface area contributed by atoms with Crippen LogP contribution in [0.3, 0.4) is 0 Å². The molecule has 0 amide bonds. The third-order valence-electron chi connectivity index (χ3n) is 5.38. The van der Waals surface area contributed by atoms with Crippen molar-refractivity contribution in [1.29, 1.82) is 0 Å². The van der Waals surface area contributed by atoms with Crippen molar-refractivity contribution in [2.75, 3.05) is 57.4 Å². The van der Waals surface area contributed by atoms with Crippen LogP contribution in [0.5, 0.6) is 0 Å². The minimum absolute atomic E-state index is 0.202. The summed E-state index contributed by atoms with van der Waals surface area (Å²) in [7, 11) is 0. The van der Waals surface area contributed by atoms with Gasteiger partial charge in [0, 0.05) is 57.2 Å². The quantitative estimate of drug-likeness (QED) is 0.818. The molecule has 7 nitrogen and oxygen atoms in total. The Bertz CT molecular complexity index is 769. The molecule has 2 aliphatic rings. The Morgan fingerprint density at radius 1 is 1.15 bits per heavy atom. The molecular weight excluding hydrogens is 342 g/mol. The SMILES string of the molecule is Cc1cc2nc(C(C)C)cc(N3CCCO[C@H](CN4CCOCC4)C3)n2n1. The summed E-state index contributed by atoms with van der Waals surface area (Å²) in [5, 5.41) is 4.70. The highest BCUT2D eigenvalue weighted by molar-refractivity contribution is 5.52. The van der Waals surface area contributed by atoms with Gasteiger partial charge in [0.2, 0.25) is 0 Å². The standard InChI is InChI=1S/C20H31N5O2/c1-15(2)18-12-20(25-19(21-18)11-16(3)22-25)24-5-4-8-27-17(14-24)13-23-6-9-26-10-7-23/h11-12,15,17H,4-10,13-14H2,1-3H3/t17-/m1/s1. The first-order valence-electron chi connectivity index (χ1n) is 10.1. The second kappa shape index (κ2) is 8.12. The molecule has 7 heteroatoms. The number of anilines is 1. The van der Waals surface area contributed by atoms with Gasteiger partial charge in [0.1, 0.15) is 5.82 Å². The van der Waals surface area contributed by atoms with Crippen LogP contribution in [0.25, 0.3) is 5.65 Å². The van der Waals surface area contributed by atoms with Crippen molar-refractivity contribution >= 4 is 11.5 Å². The fourth-order valence-electron chi connectivity index (χ4n) is 3.90. The van der Waals surface area contributed by atoms with E-state index in [4.69, 9.17) is 19.6 Å². The van der Waals surface area contributed by atoms with E-state index in [1.807, 2.05) is 11.4 Å². The van der Waals surface area contributed by atoms with Gasteiger partial charge in [-0.1, -0.05) is 13.8 Å². The van der Waals surface area contributed by atoms with E-state index in [0.29, 0.717) is 5.92 Å². The van der Waals surface area contributed by atoms with E-state index in [9.17, 15) is 0 Å². The van der Waals surface area contributed by atoms with Gasteiger partial charge in [-0.15, -0.1) is 0 Å². The number of nitrogens with zero attached hydrogens (tertiary/aromatic N) is 5. The maximum atomic E-state index is 6.18. The van der Waals surface area contributed by atoms with Gasteiger partial charge >= 0.3 is 0 Å². The monoisotopic (exact) mass is 373 g/mol. The van der Waals surface area contributed by atoms with Gasteiger partial charge in [-0.25, -0.2) is 4.98 Å². The number of aromatic nitrogens is 3. The molecule has 0 aliphatic carbocycles. The number of aryl methyl sites for hydroxylation is 1. The lowest BCUT2D eigenvalue weighted by molar-refractivity contribution is -0.00509. The summed E-state index contributed by atoms with van der Waals surface area (Å²) in [5.41, 5.74) is 3.05. The van der Waals surface area contributed by atoms with Crippen LogP contribution in [0.15, 0.2) is 12.1 Å². The zero-order valence-corrected chi connectivity index (χ0v) is 16.7. The van der Waals surface area contributed by atoms with Gasteiger partial charge in [-0.05, 0) is 19.3 Å². The zero-order chi connectivity index (χ0) is 18.8. The molecule has 2 aliphatic heterocycles. The fourth-order valence-corrected chi connectivity index (χ4v) is 3.90. The van der Waals surface area contributed by atoms with E-state index < -0.39 is 0 Å². The highest BCUT2D eigenvalue weighted by atomic mass is 16.5. The molecule has 4 heterocycles. The number of rotatable bonds is 4. The molecule has 0 radical (unpaired) electrons. The molecule has 0 aromatic carbocycles. The van der Waals surface area contributed by atoms with Gasteiger partial charge in [0.05, 0.1) is 25.0 Å². The van der Waals surface area contributed by atoms with E-state index >= 15 is 0 Å². The van der Waals surface area contributed by atoms with Crippen molar-refractivity contribution in [3.8, 4) is 0 Å². The van der Waals surface area contributed by atoms with E-state index in [2.05, 4.69) is 35.8 Å². The lowest BCUT2D eigenvalue weighted by Gasteiger charge is -2.32. The highest BCUT2D eigenvalue weighted by Gasteiger charge is 2.25. The first-order chi connectivity index (χ1) is 13.1. The second-order valence-electron chi connectivity index (χ2n) is 7.95. The summed E-state index contributed by atoms with van der Waals surface area (Å²) in [5.74, 6) is 1.52. The molecule has 2 aromatic heterocycles. The highest BCUT2D eigenvalue weighted by Crippen LogP contribution is 2.24. The Balaban J connectivity index is 1.60. The number of fused-ring (bicyclic) bond motifs is 1. The molecule has 2 aromatic rings. The normalized spacial score (nSPS) is 22.5. The van der Waals surface area contributed by atoms with E-state index in [-0.39, 0.29) is 6.10 Å². The average Bonchev–Trinajstić information content (AvgIpc) is 2.88. The third-order valence-corrected chi connectivity index (χ3v) is 5.38. The van der Waals surface area contributed by atoms with Gasteiger partial charge in [0.25, 0.3) is 0 Å². The topological polar surface area (TPSA) is 55.1 Å². The molecule has 0 saturated carbocycles. The van der Waals surface area contributed by atoms with Crippen LogP contribution >= 0.6 is 0 Å². The summed E-state index contributed by atoms with van der Waals surface area (Å²) in [6, 6.07) is 4.27. The number of ether oxygens (including phenoxy) is 2. The first-order valence-corrected chi connectivity index (χ1v) is 10.1. The lowest BCUT2D eigenvalue weighted by atomic mass is 10.1. The number of hydrogen-bond donors (Lipinski definition) is 0. The summed E-state index contributed by atoms with van der Waals surface area (Å²) >= 11 is 0. The van der Waals surface area contributed by atoms with Crippen molar-refractivity contribution in [3.05, 3.63) is 23.5 Å². The van der Waals surface area contributed by atoms with Crippen LogP contribution in [-0.2, 0) is 9.47 Å². The van der Waals surface area contributed by atoms with Crippen LogP contribution in [0.2, 0.25) is 0 Å². The molecule has 4 rings (SSSR count). The van der Waals surface area contributed by atoms with Gasteiger partial charge in [-0.2, -0.15) is 9.61 Å². The van der Waals surface area contributed by atoms with Crippen LogP contribution in [0, 0.1) is 6.92 Å². The van der Waals surface area contributed by atoms with E-state index in [1.54, 1.807) is 0 Å². The van der Waals surface area contributed by atoms with Crippen LogP contribution in [-0.4, -0.2) is 78.1 Å². The van der Waals surface area contributed by atoms with Crippen LogP contribution < -0.4 is 4.90 Å². The third kappa shape index (κ3) is 4.25. The van der Waals surface area contributed by atoms with Crippen molar-refractivity contribution in [2.45, 2.75) is 39.2 Å². The number of hydrogen-bond acceptors (Lipinski definition) is 6. The minimum Gasteiger partial charge on any atom is -0.379 e. The molecule has 0 N–H and O–H groups in total. The van der Waals surface area contributed by atoms with Gasteiger partial charge in [0.15, 0.2) is 5.65 Å². The average molecular weight is 374 g/mol. The zero-order valence-electron chi connectivity index (χ0n) is 16.7. The molecule has 148 valence electrons. The first kappa shape index (κ1) is 18.7. The van der Waals surface area contributed by atoms with Crippen molar-refractivity contribution in [2.24, 2.45) is 0 Å². The summed E-state index contributed by atoms with van der Waals surface area (Å²) < 4.78 is 13.7. The molecule has 27 heavy (non-hydrogen) atoms. The Labute approximate surface area is 161 Å². The molecule has 1 atom stereocenters. The maximum Gasteiger partial charge on any atom is 0.157 e. The second-order valence-corrected chi connectivity index (χ2v) is 7.95. The Morgan fingerprint density at radius 2 is 1.96 bits per heavy atom. The van der Waals surface area contributed by atoms with Gasteiger partial charge < -0.3 is 14.4 Å².